The Bertz CT molecular complexity index is 2050. The van der Waals surface area contributed by atoms with Gasteiger partial charge in [-0.3, -0.25) is 0 Å². The number of aliphatic hydroxyl groups excluding tert-OH is 12. The monoisotopic (exact) mass is 1070 g/mol. The van der Waals surface area contributed by atoms with Gasteiger partial charge in [-0.05, 0) is 105 Å². The van der Waals surface area contributed by atoms with E-state index in [0.717, 1.165) is 51.2 Å². The number of ether oxygens (including phenoxy) is 9. The first-order valence-corrected chi connectivity index (χ1v) is 27.5. The van der Waals surface area contributed by atoms with Gasteiger partial charge in [-0.25, -0.2) is 0 Å². The predicted octanol–water partition coefficient (Wildman–Crippen LogP) is -1.50. The molecule has 5 aliphatic heterocycles. The summed E-state index contributed by atoms with van der Waals surface area (Å²) in [6.07, 6.45) is -24.0. The Balaban J connectivity index is 0.934. The van der Waals surface area contributed by atoms with Gasteiger partial charge in [0.05, 0.1) is 50.3 Å². The molecule has 1 spiro atoms. The summed E-state index contributed by atoms with van der Waals surface area (Å²) in [5.74, 6) is 0.408. The molecule has 430 valence electrons. The van der Waals surface area contributed by atoms with Crippen LogP contribution < -0.4 is 0 Å². The zero-order valence-electron chi connectivity index (χ0n) is 44.3. The number of rotatable bonds is 11. The molecule has 0 aromatic rings. The highest BCUT2D eigenvalue weighted by Gasteiger charge is 2.80. The number of fused-ring (bicyclic) bond motifs is 4. The van der Waals surface area contributed by atoms with Gasteiger partial charge < -0.3 is 109 Å². The minimum atomic E-state index is -1.92. The highest BCUT2D eigenvalue weighted by molar-refractivity contribution is 5.59. The van der Waals surface area contributed by atoms with Crippen LogP contribution in [0.3, 0.4) is 0 Å². The normalized spacial score (nSPS) is 58.5. The van der Waals surface area contributed by atoms with Gasteiger partial charge in [0.25, 0.3) is 0 Å². The second-order valence-corrected chi connectivity index (χ2v) is 26.2. The highest BCUT2D eigenvalue weighted by Crippen LogP contribution is 2.80. The van der Waals surface area contributed by atoms with Crippen LogP contribution in [0.2, 0.25) is 0 Å². The molecule has 0 unspecified atom stereocenters. The van der Waals surface area contributed by atoms with Crippen molar-refractivity contribution < 1.29 is 109 Å². The molecule has 5 saturated carbocycles. The second-order valence-electron chi connectivity index (χ2n) is 26.2. The van der Waals surface area contributed by atoms with Gasteiger partial charge in [0, 0.05) is 16.2 Å². The first-order chi connectivity index (χ1) is 35.2. The smallest absolute Gasteiger partial charge is 0.187 e. The van der Waals surface area contributed by atoms with E-state index in [1.54, 1.807) is 0 Å². The van der Waals surface area contributed by atoms with E-state index >= 15 is 0 Å². The molecular formula is C53H86O22. The molecule has 10 aliphatic rings. The molecule has 22 nitrogen and oxygen atoms in total. The average molecular weight is 1080 g/mol. The van der Waals surface area contributed by atoms with Crippen LogP contribution in [0.1, 0.15) is 113 Å². The van der Waals surface area contributed by atoms with E-state index in [1.165, 1.54) is 6.92 Å². The van der Waals surface area contributed by atoms with Gasteiger partial charge in [-0.1, -0.05) is 41.5 Å². The van der Waals surface area contributed by atoms with Crippen LogP contribution >= 0.6 is 0 Å². The van der Waals surface area contributed by atoms with Gasteiger partial charge in [0.2, 0.25) is 0 Å². The fraction of sp³-hybridized carbons (Fsp3) is 0.981. The fourth-order valence-corrected chi connectivity index (χ4v) is 17.6. The third kappa shape index (κ3) is 8.54. The molecule has 2 bridgehead atoms. The molecule has 10 fully saturated rings. The summed E-state index contributed by atoms with van der Waals surface area (Å²) in [7, 11) is 0. The molecule has 5 saturated heterocycles. The lowest BCUT2D eigenvalue weighted by atomic mass is 9.30. The molecule has 22 heteroatoms. The Hall–Kier alpha value is -1.17. The number of hydrogen-bond donors (Lipinski definition) is 12. The van der Waals surface area contributed by atoms with E-state index in [9.17, 15) is 66.1 Å². The highest BCUT2D eigenvalue weighted by atomic mass is 16.8. The molecule has 0 aromatic carbocycles. The number of carbonyl (C=O) groups is 1. The quantitative estimate of drug-likeness (QED) is 0.0827. The minimum absolute atomic E-state index is 0.0639. The number of aldehydes is 1. The lowest BCUT2D eigenvalue weighted by molar-refractivity contribution is -0.401. The lowest BCUT2D eigenvalue weighted by Crippen LogP contribution is -2.74. The number of carbonyl (C=O) groups excluding carboxylic acids is 1. The first-order valence-electron chi connectivity index (χ1n) is 27.5. The van der Waals surface area contributed by atoms with Crippen molar-refractivity contribution >= 4 is 6.29 Å². The zero-order valence-corrected chi connectivity index (χ0v) is 44.3. The maximum Gasteiger partial charge on any atom is 0.187 e. The molecule has 0 amide bonds. The molecule has 12 N–H and O–H groups in total. The number of aliphatic hydroxyl groups is 12. The molecule has 0 aromatic heterocycles. The van der Waals surface area contributed by atoms with E-state index < -0.39 is 165 Å². The predicted molar refractivity (Wildman–Crippen MR) is 255 cm³/mol. The van der Waals surface area contributed by atoms with Gasteiger partial charge in [-0.15, -0.1) is 0 Å². The van der Waals surface area contributed by atoms with Gasteiger partial charge >= 0.3 is 0 Å². The third-order valence-electron chi connectivity index (χ3n) is 22.3. The SMILES string of the molecule is C[C@H]1O[C@H](O[C@H]2[C@H](O[C@@H]3[C@@H](O[C@@H]4O[C@H](CO)[C@H](O)[C@H](O)[C@H]4O)[C@H](O[C@H]4CC[C@@]5(C)[C@H](CC[C@]6(C)[C@H]5CC[C@@]57OC[C@]8(CC[C@@](C)(C=O)C[C@H]85)[C@@H](O)C[C@]67C)C4(C)C)OC[C@H]3O)O[C@@H](CO)[C@H](O)[C@@H]2O)[C@@H](O)[C@H](O)[C@@H]1O. The van der Waals surface area contributed by atoms with Crippen LogP contribution in [0.4, 0.5) is 0 Å². The van der Waals surface area contributed by atoms with Crippen molar-refractivity contribution in [3.63, 3.8) is 0 Å². The van der Waals surface area contributed by atoms with E-state index in [1.807, 2.05) is 0 Å². The van der Waals surface area contributed by atoms with Crippen molar-refractivity contribution in [1.29, 1.82) is 0 Å². The van der Waals surface area contributed by atoms with Gasteiger partial charge in [-0.2, -0.15) is 0 Å². The Morgan fingerprint density at radius 1 is 0.560 bits per heavy atom. The van der Waals surface area contributed by atoms with Crippen LogP contribution in [0.5, 0.6) is 0 Å². The largest absolute Gasteiger partial charge is 0.394 e. The standard InChI is InChI=1S/C53H86O22/c1-23-32(59)35(62)38(65)43(69-23)74-41-37(64)34(61)26(19-55)71-46(41)73-40-24(57)20-67-45(42(40)75-44-39(66)36(63)33(60)25(18-54)70-44)72-31-10-11-49(5)27(47(31,2)3)8-12-50(6)28(49)9-13-53-29-16-48(4,21-56)14-15-52(29,22-68-53)30(58)17-51(50,53)7/h21,23-46,54-55,57-66H,8-20,22H2,1-7H3/t23-,24-,25-,26+,27-,28+,29-,30+,31+,32-,33+,34+,35-,36+,37+,38+,39-,40+,41-,42-,43-,44+,45+,46+,48-,49+,50-,51-,52+,53-/m1/s1. The maximum atomic E-state index is 12.6. The summed E-state index contributed by atoms with van der Waals surface area (Å²) in [4.78, 5) is 12.6. The maximum absolute atomic E-state index is 12.6. The van der Waals surface area contributed by atoms with E-state index in [2.05, 4.69) is 41.5 Å². The average Bonchev–Trinajstić information content (AvgIpc) is 3.86. The molecule has 30 atom stereocenters. The Morgan fingerprint density at radius 2 is 1.16 bits per heavy atom. The topological polar surface area (TPSA) is 343 Å². The summed E-state index contributed by atoms with van der Waals surface area (Å²) in [5, 5.41) is 132. The Kier molecular flexibility index (Phi) is 15.3. The summed E-state index contributed by atoms with van der Waals surface area (Å²) in [6.45, 7) is 13.5. The van der Waals surface area contributed by atoms with Crippen molar-refractivity contribution in [2.45, 2.75) is 247 Å². The van der Waals surface area contributed by atoms with Crippen molar-refractivity contribution in [1.82, 2.24) is 0 Å². The van der Waals surface area contributed by atoms with Crippen LogP contribution in [0.25, 0.3) is 0 Å². The van der Waals surface area contributed by atoms with Crippen LogP contribution in [-0.2, 0) is 47.4 Å². The van der Waals surface area contributed by atoms with Crippen LogP contribution in [0, 0.1) is 50.2 Å². The molecule has 5 heterocycles. The fourth-order valence-electron chi connectivity index (χ4n) is 17.6. The van der Waals surface area contributed by atoms with Crippen molar-refractivity contribution in [2.75, 3.05) is 26.4 Å². The number of hydrogen-bond acceptors (Lipinski definition) is 22. The van der Waals surface area contributed by atoms with E-state index in [0.29, 0.717) is 25.9 Å². The van der Waals surface area contributed by atoms with Crippen molar-refractivity contribution in [3.8, 4) is 0 Å². The molecular weight excluding hydrogens is 989 g/mol. The Morgan fingerprint density at radius 3 is 1.83 bits per heavy atom. The van der Waals surface area contributed by atoms with Gasteiger partial charge in [0.1, 0.15) is 91.7 Å². The molecule has 10 rings (SSSR count). The molecule has 0 radical (unpaired) electrons. The Labute approximate surface area is 437 Å². The molecule has 5 aliphatic carbocycles. The summed E-state index contributed by atoms with van der Waals surface area (Å²) in [5.41, 5.74) is -2.67. The summed E-state index contributed by atoms with van der Waals surface area (Å²) < 4.78 is 56.8. The first kappa shape index (κ1) is 57.1. The lowest BCUT2D eigenvalue weighted by Gasteiger charge is -2.75. The second kappa shape index (κ2) is 20.1. The van der Waals surface area contributed by atoms with Crippen molar-refractivity contribution in [3.05, 3.63) is 0 Å². The third-order valence-corrected chi connectivity index (χ3v) is 22.3. The molecule has 75 heavy (non-hydrogen) atoms. The zero-order chi connectivity index (χ0) is 54.3. The minimum Gasteiger partial charge on any atom is -0.394 e. The summed E-state index contributed by atoms with van der Waals surface area (Å²) >= 11 is 0. The van der Waals surface area contributed by atoms with E-state index in [-0.39, 0.29) is 39.4 Å². The van der Waals surface area contributed by atoms with E-state index in [4.69, 9.17) is 42.6 Å². The summed E-state index contributed by atoms with van der Waals surface area (Å²) in [6, 6.07) is 0. The van der Waals surface area contributed by atoms with Crippen LogP contribution in [0.15, 0.2) is 0 Å². The van der Waals surface area contributed by atoms with Crippen LogP contribution in [-0.4, -0.2) is 229 Å². The van der Waals surface area contributed by atoms with Gasteiger partial charge in [0.15, 0.2) is 25.2 Å². The van der Waals surface area contributed by atoms with Crippen molar-refractivity contribution in [2.24, 2.45) is 50.2 Å².